The van der Waals surface area contributed by atoms with Crippen LogP contribution in [0.5, 0.6) is 5.75 Å². The quantitative estimate of drug-likeness (QED) is 0.314. The lowest BCUT2D eigenvalue weighted by molar-refractivity contribution is 0.0350. The number of ether oxygens (including phenoxy) is 1. The second-order valence-corrected chi connectivity index (χ2v) is 10.5. The van der Waals surface area contributed by atoms with Gasteiger partial charge in [0.1, 0.15) is 5.75 Å². The first-order valence-corrected chi connectivity index (χ1v) is 13.7. The summed E-state index contributed by atoms with van der Waals surface area (Å²) in [5, 5.41) is 0. The molecule has 6 heteroatoms. The molecule has 0 spiro atoms. The number of nitrogens with zero attached hydrogens (tertiary/aromatic N) is 2. The number of hydrogen-bond donors (Lipinski definition) is 0. The summed E-state index contributed by atoms with van der Waals surface area (Å²) in [5.41, 5.74) is 2.90. The maximum absolute atomic E-state index is 13.9. The standard InChI is InChI=1S/C31H32N2O3S/c1-4-9-22-19-23(20-27-25-10-7-8-11-26(25)30(34)33(22)27)32(18-5-2)31(35)29-17-16-28(37-29)21-12-14-24(15-13-21)36-6-3/h4-5,7-17,22-23,27H,2,6,18-20H2,1,3H3/b9-4+/t22-,23?,27+/m1/s1. The van der Waals surface area contributed by atoms with Crippen molar-refractivity contribution in [3.63, 3.8) is 0 Å². The predicted octanol–water partition coefficient (Wildman–Crippen LogP) is 6.75. The number of piperidine rings is 1. The van der Waals surface area contributed by atoms with E-state index in [9.17, 15) is 9.59 Å². The van der Waals surface area contributed by atoms with Crippen LogP contribution in [0.15, 0.2) is 85.5 Å². The molecule has 1 fully saturated rings. The highest BCUT2D eigenvalue weighted by Crippen LogP contribution is 2.44. The number of benzene rings is 2. The zero-order valence-corrected chi connectivity index (χ0v) is 22.1. The Hall–Kier alpha value is -3.64. The third-order valence-electron chi connectivity index (χ3n) is 7.20. The molecular formula is C31H32N2O3S. The van der Waals surface area contributed by atoms with Gasteiger partial charge in [0.2, 0.25) is 0 Å². The summed E-state index contributed by atoms with van der Waals surface area (Å²) in [7, 11) is 0. The van der Waals surface area contributed by atoms with Gasteiger partial charge in [-0.15, -0.1) is 17.9 Å². The van der Waals surface area contributed by atoms with Gasteiger partial charge in [0.05, 0.1) is 23.6 Å². The lowest BCUT2D eigenvalue weighted by atomic mass is 9.88. The minimum Gasteiger partial charge on any atom is -0.494 e. The third-order valence-corrected chi connectivity index (χ3v) is 8.32. The number of rotatable bonds is 8. The van der Waals surface area contributed by atoms with E-state index < -0.39 is 0 Å². The fraction of sp³-hybridized carbons (Fsp3) is 0.290. The van der Waals surface area contributed by atoms with Crippen molar-refractivity contribution in [1.82, 2.24) is 9.80 Å². The van der Waals surface area contributed by atoms with Gasteiger partial charge in [-0.3, -0.25) is 9.59 Å². The SMILES string of the molecule is C=CCN(C(=O)c1ccc(-c2ccc(OCC)cc2)s1)C1C[C@@H](/C=C/C)N2C(=O)c3ccccc3[C@@H]2C1. The highest BCUT2D eigenvalue weighted by atomic mass is 32.1. The molecule has 5 nitrogen and oxygen atoms in total. The Morgan fingerprint density at radius 2 is 1.92 bits per heavy atom. The average molecular weight is 513 g/mol. The normalized spacial score (nSPS) is 20.5. The maximum Gasteiger partial charge on any atom is 0.264 e. The molecule has 3 aromatic rings. The number of thiophene rings is 1. The van der Waals surface area contributed by atoms with E-state index in [0.29, 0.717) is 30.9 Å². The summed E-state index contributed by atoms with van der Waals surface area (Å²) in [6, 6.07) is 19.7. The molecule has 3 heterocycles. The fourth-order valence-electron chi connectivity index (χ4n) is 5.60. The average Bonchev–Trinajstić information content (AvgIpc) is 3.52. The van der Waals surface area contributed by atoms with Gasteiger partial charge in [0.15, 0.2) is 0 Å². The number of amides is 2. The molecule has 3 atom stereocenters. The minimum absolute atomic E-state index is 0.0112. The van der Waals surface area contributed by atoms with E-state index in [-0.39, 0.29) is 29.9 Å². The largest absolute Gasteiger partial charge is 0.494 e. The molecule has 2 amide bonds. The smallest absolute Gasteiger partial charge is 0.264 e. The van der Waals surface area contributed by atoms with Gasteiger partial charge in [0, 0.05) is 23.0 Å². The van der Waals surface area contributed by atoms with Gasteiger partial charge < -0.3 is 14.5 Å². The minimum atomic E-state index is -0.0588. The first-order valence-electron chi connectivity index (χ1n) is 12.8. The summed E-state index contributed by atoms with van der Waals surface area (Å²) in [6.45, 7) is 8.97. The molecule has 0 radical (unpaired) electrons. The van der Waals surface area contributed by atoms with Crippen LogP contribution < -0.4 is 4.74 Å². The van der Waals surface area contributed by atoms with E-state index >= 15 is 0 Å². The number of carbonyl (C=O) groups excluding carboxylic acids is 2. The van der Waals surface area contributed by atoms with Crippen molar-refractivity contribution < 1.29 is 14.3 Å². The first-order chi connectivity index (χ1) is 18.0. The van der Waals surface area contributed by atoms with Gasteiger partial charge in [-0.2, -0.15) is 0 Å². The van der Waals surface area contributed by atoms with E-state index in [1.54, 1.807) is 6.08 Å². The number of hydrogen-bond acceptors (Lipinski definition) is 4. The number of fused-ring (bicyclic) bond motifs is 3. The number of allylic oxidation sites excluding steroid dienone is 1. The molecule has 5 rings (SSSR count). The van der Waals surface area contributed by atoms with Crippen LogP contribution in [0.25, 0.3) is 10.4 Å². The fourth-order valence-corrected chi connectivity index (χ4v) is 6.57. The molecule has 2 aliphatic heterocycles. The zero-order valence-electron chi connectivity index (χ0n) is 21.3. The Balaban J connectivity index is 1.41. The van der Waals surface area contributed by atoms with Crippen LogP contribution in [-0.2, 0) is 0 Å². The second-order valence-electron chi connectivity index (χ2n) is 9.40. The summed E-state index contributed by atoms with van der Waals surface area (Å²) >= 11 is 1.51. The van der Waals surface area contributed by atoms with Crippen molar-refractivity contribution in [3.05, 3.63) is 101 Å². The van der Waals surface area contributed by atoms with Crippen LogP contribution in [0.2, 0.25) is 0 Å². The summed E-state index contributed by atoms with van der Waals surface area (Å²) in [5.74, 6) is 0.935. The Labute approximate surface area is 222 Å². The van der Waals surface area contributed by atoms with Gasteiger partial charge >= 0.3 is 0 Å². The zero-order chi connectivity index (χ0) is 25.9. The molecule has 2 aromatic carbocycles. The molecule has 190 valence electrons. The monoisotopic (exact) mass is 512 g/mol. The molecular weight excluding hydrogens is 480 g/mol. The van der Waals surface area contributed by atoms with Gasteiger partial charge in [-0.05, 0) is 80.3 Å². The van der Waals surface area contributed by atoms with E-state index in [0.717, 1.165) is 27.3 Å². The number of carbonyl (C=O) groups is 2. The predicted molar refractivity (Wildman–Crippen MR) is 149 cm³/mol. The molecule has 0 N–H and O–H groups in total. The Morgan fingerprint density at radius 3 is 2.65 bits per heavy atom. The molecule has 0 bridgehead atoms. The van der Waals surface area contributed by atoms with E-state index in [1.165, 1.54) is 11.3 Å². The molecule has 0 aliphatic carbocycles. The highest BCUT2D eigenvalue weighted by Gasteiger charge is 2.46. The Kier molecular flexibility index (Phi) is 7.28. The Bertz CT molecular complexity index is 1330. The van der Waals surface area contributed by atoms with Crippen LogP contribution in [0.3, 0.4) is 0 Å². The summed E-state index contributed by atoms with van der Waals surface area (Å²) < 4.78 is 5.55. The van der Waals surface area contributed by atoms with E-state index in [4.69, 9.17) is 4.74 Å². The van der Waals surface area contributed by atoms with Crippen LogP contribution in [0.4, 0.5) is 0 Å². The maximum atomic E-state index is 13.9. The summed E-state index contributed by atoms with van der Waals surface area (Å²) in [6.07, 6.45) is 7.31. The lowest BCUT2D eigenvalue weighted by Crippen LogP contribution is -2.51. The van der Waals surface area contributed by atoms with Gasteiger partial charge in [0.25, 0.3) is 11.8 Å². The van der Waals surface area contributed by atoms with E-state index in [1.807, 2.05) is 84.3 Å². The van der Waals surface area contributed by atoms with Crippen LogP contribution in [0, 0.1) is 0 Å². The van der Waals surface area contributed by atoms with Crippen molar-refractivity contribution in [1.29, 1.82) is 0 Å². The highest BCUT2D eigenvalue weighted by molar-refractivity contribution is 7.17. The van der Waals surface area contributed by atoms with Crippen LogP contribution in [0.1, 0.15) is 58.3 Å². The second kappa shape index (κ2) is 10.8. The van der Waals surface area contributed by atoms with Crippen molar-refractivity contribution in [2.75, 3.05) is 13.2 Å². The van der Waals surface area contributed by atoms with Gasteiger partial charge in [-0.25, -0.2) is 0 Å². The molecule has 2 aliphatic rings. The van der Waals surface area contributed by atoms with Crippen molar-refractivity contribution in [2.45, 2.75) is 44.8 Å². The Morgan fingerprint density at radius 1 is 1.14 bits per heavy atom. The van der Waals surface area contributed by atoms with Crippen molar-refractivity contribution in [3.8, 4) is 16.2 Å². The van der Waals surface area contributed by atoms with Crippen LogP contribution in [-0.4, -0.2) is 46.8 Å². The van der Waals surface area contributed by atoms with Crippen LogP contribution >= 0.6 is 11.3 Å². The summed E-state index contributed by atoms with van der Waals surface area (Å²) in [4.78, 5) is 32.8. The van der Waals surface area contributed by atoms with Crippen molar-refractivity contribution >= 4 is 23.2 Å². The van der Waals surface area contributed by atoms with Crippen molar-refractivity contribution in [2.24, 2.45) is 0 Å². The van der Waals surface area contributed by atoms with Gasteiger partial charge in [-0.1, -0.05) is 36.4 Å². The first kappa shape index (κ1) is 25.0. The lowest BCUT2D eigenvalue weighted by Gasteiger charge is -2.44. The molecule has 37 heavy (non-hydrogen) atoms. The molecule has 1 unspecified atom stereocenters. The van der Waals surface area contributed by atoms with E-state index in [2.05, 4.69) is 18.7 Å². The topological polar surface area (TPSA) is 49.9 Å². The molecule has 1 saturated heterocycles. The molecule has 1 aromatic heterocycles. The third kappa shape index (κ3) is 4.74. The molecule has 0 saturated carbocycles.